The summed E-state index contributed by atoms with van der Waals surface area (Å²) in [4.78, 5) is 19.8. The van der Waals surface area contributed by atoms with Crippen LogP contribution >= 0.6 is 0 Å². The number of aryl methyl sites for hydroxylation is 1. The van der Waals surface area contributed by atoms with Gasteiger partial charge in [-0.25, -0.2) is 28.1 Å². The molecule has 0 saturated carbocycles. The Morgan fingerprint density at radius 2 is 2.11 bits per heavy atom. The van der Waals surface area contributed by atoms with Gasteiger partial charge >= 0.3 is 0 Å². The van der Waals surface area contributed by atoms with Crippen molar-refractivity contribution in [1.29, 1.82) is 0 Å². The van der Waals surface area contributed by atoms with Gasteiger partial charge in [0.15, 0.2) is 11.5 Å². The second kappa shape index (κ2) is 8.89. The van der Waals surface area contributed by atoms with E-state index < -0.39 is 25.2 Å². The van der Waals surface area contributed by atoms with E-state index in [1.165, 1.54) is 9.08 Å². The molecule has 6 heterocycles. The first-order valence-corrected chi connectivity index (χ1v) is 11.8. The Bertz CT molecular complexity index is 1540. The van der Waals surface area contributed by atoms with E-state index in [1.54, 1.807) is 25.1 Å². The SMILES string of the molecule is [2H]c1cc(-c2ccc3nc(C)n(CC(F)F)c3n2)c2c(N)nc(=N[C@H]3CCN(C4COC4)C[C@H]3F)[nH]n12. The normalized spacial score (nSPS) is 22.6. The summed E-state index contributed by atoms with van der Waals surface area (Å²) in [6.45, 7) is 3.39. The molecule has 10 nitrogen and oxygen atoms in total. The number of alkyl halides is 3. The van der Waals surface area contributed by atoms with Crippen molar-refractivity contribution < 1.29 is 19.3 Å². The number of nitrogens with zero attached hydrogens (tertiary/aromatic N) is 7. The summed E-state index contributed by atoms with van der Waals surface area (Å²) < 4.78 is 57.6. The van der Waals surface area contributed by atoms with Crippen molar-refractivity contribution in [3.8, 4) is 11.3 Å². The molecule has 0 aliphatic carbocycles. The highest BCUT2D eigenvalue weighted by Crippen LogP contribution is 2.28. The number of ether oxygens (including phenoxy) is 1. The van der Waals surface area contributed by atoms with Crippen LogP contribution < -0.4 is 11.4 Å². The molecule has 0 unspecified atom stereocenters. The van der Waals surface area contributed by atoms with E-state index in [1.807, 2.05) is 0 Å². The van der Waals surface area contributed by atoms with Gasteiger partial charge in [-0.1, -0.05) is 0 Å². The van der Waals surface area contributed by atoms with Crippen molar-refractivity contribution in [3.05, 3.63) is 35.8 Å². The van der Waals surface area contributed by atoms with Gasteiger partial charge in [-0.2, -0.15) is 4.98 Å². The average molecular weight is 503 g/mol. The van der Waals surface area contributed by atoms with E-state index in [2.05, 4.69) is 29.9 Å². The molecule has 2 aliphatic rings. The van der Waals surface area contributed by atoms with Crippen molar-refractivity contribution in [2.75, 3.05) is 32.0 Å². The number of nitrogens with two attached hydrogens (primary N) is 1. The lowest BCUT2D eigenvalue weighted by atomic mass is 10.0. The molecule has 4 aromatic rings. The molecule has 4 aromatic heterocycles. The Hall–Kier alpha value is -3.45. The Morgan fingerprint density at radius 3 is 2.83 bits per heavy atom. The average Bonchev–Trinajstić information content (AvgIpc) is 3.30. The number of rotatable bonds is 5. The third-order valence-corrected chi connectivity index (χ3v) is 6.84. The van der Waals surface area contributed by atoms with Crippen LogP contribution in [0.1, 0.15) is 13.6 Å². The zero-order chi connectivity index (χ0) is 25.8. The molecule has 0 amide bonds. The summed E-state index contributed by atoms with van der Waals surface area (Å²) in [5.74, 6) is 0.520. The molecule has 36 heavy (non-hydrogen) atoms. The largest absolute Gasteiger partial charge is 0.382 e. The summed E-state index contributed by atoms with van der Waals surface area (Å²) in [7, 11) is 0. The third-order valence-electron chi connectivity index (χ3n) is 6.84. The Balaban J connectivity index is 1.36. The maximum atomic E-state index is 14.9. The van der Waals surface area contributed by atoms with Gasteiger partial charge < -0.3 is 15.0 Å². The fourth-order valence-corrected chi connectivity index (χ4v) is 4.87. The fourth-order valence-electron chi connectivity index (χ4n) is 4.87. The van der Waals surface area contributed by atoms with E-state index in [9.17, 15) is 13.2 Å². The lowest BCUT2D eigenvalue weighted by Crippen LogP contribution is -2.55. The highest BCUT2D eigenvalue weighted by molar-refractivity contribution is 5.88. The number of hydrogen-bond acceptors (Lipinski definition) is 7. The van der Waals surface area contributed by atoms with Gasteiger partial charge in [-0.15, -0.1) is 0 Å². The summed E-state index contributed by atoms with van der Waals surface area (Å²) in [6, 6.07) is 4.64. The van der Waals surface area contributed by atoms with Gasteiger partial charge in [-0.05, 0) is 31.5 Å². The second-order valence-electron chi connectivity index (χ2n) is 9.19. The topological polar surface area (TPSA) is 115 Å². The smallest absolute Gasteiger partial charge is 0.256 e. The number of fused-ring (bicyclic) bond motifs is 2. The molecule has 2 fully saturated rings. The standard InChI is InChI=1S/C23H26F3N9O/c1-12-28-18-3-2-16(29-22(18)34(12)9-19(25)26)14-4-7-35-20(14)21(27)31-23(32-35)30-17-5-6-33(8-15(17)24)13-10-36-11-13/h2-4,7,13,15,17,19H,5-6,8-11H2,1H3,(H3,27,30,31,32)/t15-,17+/m1/s1/i7D. The van der Waals surface area contributed by atoms with Crippen LogP contribution in [-0.4, -0.2) is 85.0 Å². The molecule has 3 N–H and O–H groups in total. The van der Waals surface area contributed by atoms with Gasteiger partial charge in [0.1, 0.15) is 23.0 Å². The van der Waals surface area contributed by atoms with Gasteiger partial charge in [0.25, 0.3) is 6.43 Å². The van der Waals surface area contributed by atoms with Crippen molar-refractivity contribution >= 4 is 22.5 Å². The lowest BCUT2D eigenvalue weighted by molar-refractivity contribution is -0.0803. The number of likely N-dealkylation sites (tertiary alicyclic amines) is 1. The second-order valence-corrected chi connectivity index (χ2v) is 9.19. The first kappa shape index (κ1) is 21.8. The Kier molecular flexibility index (Phi) is 5.38. The number of anilines is 1. The van der Waals surface area contributed by atoms with E-state index in [-0.39, 0.29) is 30.2 Å². The molecule has 0 aromatic carbocycles. The fraction of sp³-hybridized carbons (Fsp3) is 0.478. The Morgan fingerprint density at radius 1 is 1.28 bits per heavy atom. The zero-order valence-electron chi connectivity index (χ0n) is 20.5. The summed E-state index contributed by atoms with van der Waals surface area (Å²) in [5.41, 5.74) is 8.56. The highest BCUT2D eigenvalue weighted by atomic mass is 19.3. The number of hydrogen-bond donors (Lipinski definition) is 2. The molecule has 2 aliphatic heterocycles. The molecular formula is C23H26F3N9O. The van der Waals surface area contributed by atoms with E-state index >= 15 is 0 Å². The number of nitrogens with one attached hydrogen (secondary N) is 1. The quantitative estimate of drug-likeness (QED) is 0.431. The molecule has 2 atom stereocenters. The van der Waals surface area contributed by atoms with E-state index in [0.717, 1.165) is 0 Å². The minimum atomic E-state index is -2.56. The molecule has 2 saturated heterocycles. The van der Waals surface area contributed by atoms with Crippen LogP contribution in [0.5, 0.6) is 0 Å². The molecule has 0 bridgehead atoms. The van der Waals surface area contributed by atoms with Gasteiger partial charge in [0.05, 0.1) is 38.9 Å². The predicted octanol–water partition coefficient (Wildman–Crippen LogP) is 1.94. The number of nitrogen functional groups attached to an aromatic ring is 1. The number of H-pyrrole nitrogens is 1. The van der Waals surface area contributed by atoms with Crippen molar-refractivity contribution in [1.82, 2.24) is 34.0 Å². The molecule has 0 radical (unpaired) electrons. The number of piperidine rings is 1. The van der Waals surface area contributed by atoms with Gasteiger partial charge in [0, 0.05) is 24.8 Å². The minimum Gasteiger partial charge on any atom is -0.382 e. The molecule has 190 valence electrons. The Labute approximate surface area is 205 Å². The minimum absolute atomic E-state index is 0.0614. The first-order chi connectivity index (χ1) is 17.8. The number of aromatic amines is 1. The molecular weight excluding hydrogens is 475 g/mol. The highest BCUT2D eigenvalue weighted by Gasteiger charge is 2.35. The predicted molar refractivity (Wildman–Crippen MR) is 126 cm³/mol. The summed E-state index contributed by atoms with van der Waals surface area (Å²) in [5, 5.41) is 2.96. The number of halogens is 3. The van der Waals surface area contributed by atoms with Crippen LogP contribution in [0.2, 0.25) is 0 Å². The summed E-state index contributed by atoms with van der Waals surface area (Å²) >= 11 is 0. The third kappa shape index (κ3) is 4.01. The van der Waals surface area contributed by atoms with E-state index in [4.69, 9.17) is 11.8 Å². The van der Waals surface area contributed by atoms with Crippen molar-refractivity contribution in [3.63, 3.8) is 0 Å². The molecule has 6 rings (SSSR count). The van der Waals surface area contributed by atoms with E-state index in [0.29, 0.717) is 59.9 Å². The first-order valence-electron chi connectivity index (χ1n) is 12.3. The van der Waals surface area contributed by atoms with Gasteiger partial charge in [0.2, 0.25) is 5.62 Å². The van der Waals surface area contributed by atoms with Gasteiger partial charge in [-0.3, -0.25) is 14.5 Å². The number of aromatic nitrogens is 6. The van der Waals surface area contributed by atoms with Crippen LogP contribution in [-0.2, 0) is 11.3 Å². The van der Waals surface area contributed by atoms with Crippen LogP contribution in [0.25, 0.3) is 27.9 Å². The summed E-state index contributed by atoms with van der Waals surface area (Å²) in [6.07, 6.45) is -3.12. The van der Waals surface area contributed by atoms with Crippen LogP contribution in [0.15, 0.2) is 29.4 Å². The number of pyridine rings is 1. The van der Waals surface area contributed by atoms with Crippen LogP contribution in [0, 0.1) is 6.92 Å². The molecule has 0 spiro atoms. The zero-order valence-corrected chi connectivity index (χ0v) is 19.5. The maximum Gasteiger partial charge on any atom is 0.256 e. The maximum absolute atomic E-state index is 14.9. The lowest BCUT2D eigenvalue weighted by Gasteiger charge is -2.41. The van der Waals surface area contributed by atoms with Crippen LogP contribution in [0.3, 0.4) is 0 Å². The monoisotopic (exact) mass is 502 g/mol. The van der Waals surface area contributed by atoms with Crippen molar-refractivity contribution in [2.45, 2.75) is 44.6 Å². The van der Waals surface area contributed by atoms with Crippen molar-refractivity contribution in [2.24, 2.45) is 4.99 Å². The van der Waals surface area contributed by atoms with Crippen LogP contribution in [0.4, 0.5) is 19.0 Å². The number of imidazole rings is 1. The molecule has 13 heteroatoms.